The maximum absolute atomic E-state index is 14.5. The molecule has 18 heteroatoms. The van der Waals surface area contributed by atoms with Gasteiger partial charge in [-0.05, 0) is 66.3 Å². The van der Waals surface area contributed by atoms with Crippen LogP contribution in [0.1, 0.15) is 53.9 Å². The van der Waals surface area contributed by atoms with Gasteiger partial charge in [-0.2, -0.15) is 0 Å². The standard InChI is InChI=1S/C49H57N11O6.CH3.In.2H/c1-60(59-48(65)43(25-32-28-53-38-19-9-6-16-35(32)38)55-44(61)26-33-29-54-39-20-10-7-17-36(33)39)49(66)58-42(24-31-27-52-37-18-8-5-15-34(31)37)47(64)57-41(23-30-13-3-2-4-14-30)46(63)56-40(45(51)62)21-11-12-22-50;;;;/h2-10,13-20,27-28,33,40-43,52-54H,11-12,21-26,29,50H2,1H3,(H2,51,62)(H,55,61)(H,56,63)(H,57,64)(H,58,66)(H,59,65);1H3;;;/t33?,40-,41+,42-,43+;;;;/m0..../s1. The average molecular weight is 1030 g/mol. The SMILES string of the molecule is CN(NC(=O)[C@@H](Cc1c[nH]c2ccccc12)NC(=O)CC1CNc2ccccc21)C(=O)N[C@@H](Cc1c[nH]c2ccccc12)C(=O)N[C@H](Cc1ccccc1)C(=O)N[C@@H](CCCCN)C(N)=O.[CH3][InH2]. The van der Waals surface area contributed by atoms with E-state index in [-0.39, 0.29) is 43.9 Å². The zero-order chi connectivity index (χ0) is 48.6. The Kier molecular flexibility index (Phi) is 18.5. The number of carbonyl (C=O) groups is 6. The van der Waals surface area contributed by atoms with Gasteiger partial charge >= 0.3 is 35.1 Å². The Morgan fingerprint density at radius 1 is 0.662 bits per heavy atom. The number of H-pyrrole nitrogens is 2. The minimum absolute atomic E-state index is 0.00948. The molecular weight excluding hydrogens is 965 g/mol. The molecule has 0 fully saturated rings. The van der Waals surface area contributed by atoms with Crippen LogP contribution in [0, 0.1) is 0 Å². The Labute approximate surface area is 410 Å². The predicted molar refractivity (Wildman–Crippen MR) is 267 cm³/mol. The number of primary amides is 1. The molecule has 7 rings (SSSR count). The summed E-state index contributed by atoms with van der Waals surface area (Å²) in [5.74, 6) is -3.16. The van der Waals surface area contributed by atoms with Crippen LogP contribution in [0.2, 0.25) is 4.68 Å². The van der Waals surface area contributed by atoms with Gasteiger partial charge in [0.15, 0.2) is 0 Å². The second kappa shape index (κ2) is 24.8. The van der Waals surface area contributed by atoms with Crippen LogP contribution in [0.5, 0.6) is 0 Å². The summed E-state index contributed by atoms with van der Waals surface area (Å²) in [6.07, 6.45) is 5.26. The molecule has 12 N–H and O–H groups in total. The number of amides is 7. The number of anilines is 1. The fourth-order valence-corrected chi connectivity index (χ4v) is 8.40. The van der Waals surface area contributed by atoms with Crippen LogP contribution in [0.3, 0.4) is 0 Å². The van der Waals surface area contributed by atoms with Gasteiger partial charge in [-0.1, -0.05) is 84.9 Å². The van der Waals surface area contributed by atoms with Gasteiger partial charge in [0, 0.05) is 85.1 Å². The van der Waals surface area contributed by atoms with Crippen molar-refractivity contribution in [1.82, 2.24) is 41.7 Å². The summed E-state index contributed by atoms with van der Waals surface area (Å²) in [7, 11) is 1.33. The zero-order valence-corrected chi connectivity index (χ0v) is 44.5. The molecule has 356 valence electrons. The number of unbranched alkanes of at least 4 members (excludes halogenated alkanes) is 1. The van der Waals surface area contributed by atoms with Crippen molar-refractivity contribution in [2.45, 2.75) is 79.7 Å². The van der Waals surface area contributed by atoms with E-state index < -0.39 is 53.8 Å². The molecule has 1 aliphatic rings. The van der Waals surface area contributed by atoms with Crippen molar-refractivity contribution in [3.8, 4) is 0 Å². The Balaban J connectivity index is 0.00000376. The molecule has 68 heavy (non-hydrogen) atoms. The normalized spacial score (nSPS) is 14.4. The van der Waals surface area contributed by atoms with Gasteiger partial charge in [-0.15, -0.1) is 0 Å². The van der Waals surface area contributed by atoms with Crippen molar-refractivity contribution in [1.29, 1.82) is 0 Å². The summed E-state index contributed by atoms with van der Waals surface area (Å²) >= 11 is 0.950. The van der Waals surface area contributed by atoms with Crippen molar-refractivity contribution in [3.63, 3.8) is 0 Å². The van der Waals surface area contributed by atoms with E-state index in [1.54, 1.807) is 36.7 Å². The number of nitrogens with two attached hydrogens (primary N) is 2. The molecule has 2 aromatic heterocycles. The van der Waals surface area contributed by atoms with Gasteiger partial charge in [0.2, 0.25) is 23.6 Å². The monoisotopic (exact) mass is 1030 g/mol. The van der Waals surface area contributed by atoms with E-state index in [4.69, 9.17) is 11.5 Å². The minimum atomic E-state index is -1.27. The fourth-order valence-electron chi connectivity index (χ4n) is 8.40. The number of nitrogens with zero attached hydrogens (tertiary/aromatic N) is 1. The van der Waals surface area contributed by atoms with Crippen LogP contribution < -0.4 is 43.5 Å². The quantitative estimate of drug-likeness (QED) is 0.0401. The third-order valence-electron chi connectivity index (χ3n) is 11.9. The molecule has 7 amide bonds. The van der Waals surface area contributed by atoms with E-state index in [1.165, 1.54) is 7.05 Å². The van der Waals surface area contributed by atoms with Crippen molar-refractivity contribution in [2.24, 2.45) is 11.5 Å². The number of hydrogen-bond donors (Lipinski definition) is 10. The van der Waals surface area contributed by atoms with Gasteiger partial charge in [0.25, 0.3) is 5.91 Å². The first-order chi connectivity index (χ1) is 33.0. The van der Waals surface area contributed by atoms with Crippen molar-refractivity contribution in [2.75, 3.05) is 25.5 Å². The van der Waals surface area contributed by atoms with Crippen molar-refractivity contribution < 1.29 is 28.8 Å². The molecule has 5 atom stereocenters. The Morgan fingerprint density at radius 2 is 1.21 bits per heavy atom. The molecule has 6 aromatic rings. The Morgan fingerprint density at radius 3 is 1.82 bits per heavy atom. The molecule has 4 aromatic carbocycles. The van der Waals surface area contributed by atoms with Crippen LogP contribution in [0.15, 0.2) is 116 Å². The van der Waals surface area contributed by atoms with Crippen molar-refractivity contribution in [3.05, 3.63) is 138 Å². The molecule has 1 aliphatic heterocycles. The number of fused-ring (bicyclic) bond motifs is 3. The molecule has 0 radical (unpaired) electrons. The van der Waals surface area contributed by atoms with E-state index >= 15 is 0 Å². The molecule has 0 aliphatic carbocycles. The first kappa shape index (κ1) is 50.6. The van der Waals surface area contributed by atoms with Crippen LogP contribution in [-0.4, -0.2) is 119 Å². The number of urea groups is 1. The van der Waals surface area contributed by atoms with Crippen LogP contribution in [-0.2, 0) is 43.2 Å². The summed E-state index contributed by atoms with van der Waals surface area (Å²) in [6, 6.07) is 26.5. The van der Waals surface area contributed by atoms with Gasteiger partial charge in [0.05, 0.1) is 0 Å². The fraction of sp³-hybridized carbons (Fsp3) is 0.320. The van der Waals surface area contributed by atoms with Gasteiger partial charge < -0.3 is 48.0 Å². The number of aromatic nitrogens is 2. The predicted octanol–water partition coefficient (Wildman–Crippen LogP) is 3.05. The zero-order valence-electron chi connectivity index (χ0n) is 38.8. The molecular formula is C50H62InN11O6. The Bertz CT molecular complexity index is 2670. The molecule has 0 spiro atoms. The topological polar surface area (TPSA) is 261 Å². The van der Waals surface area contributed by atoms with Gasteiger partial charge in [0.1, 0.15) is 24.2 Å². The van der Waals surface area contributed by atoms with E-state index in [0.717, 1.165) is 73.6 Å². The van der Waals surface area contributed by atoms with Crippen LogP contribution >= 0.6 is 0 Å². The molecule has 0 bridgehead atoms. The molecule has 3 heterocycles. The first-order valence-corrected chi connectivity index (χ1v) is 28.9. The summed E-state index contributed by atoms with van der Waals surface area (Å²) < 4.78 is 2.21. The number of para-hydroxylation sites is 3. The third kappa shape index (κ3) is 13.4. The number of carbonyl (C=O) groups excluding carboxylic acids is 6. The summed E-state index contributed by atoms with van der Waals surface area (Å²) in [4.78, 5) is 89.2. The maximum atomic E-state index is 14.5. The van der Waals surface area contributed by atoms with Crippen LogP contribution in [0.25, 0.3) is 21.8 Å². The summed E-state index contributed by atoms with van der Waals surface area (Å²) in [5, 5.41) is 17.2. The van der Waals surface area contributed by atoms with Gasteiger partial charge in [-0.3, -0.25) is 29.4 Å². The van der Waals surface area contributed by atoms with E-state index in [2.05, 4.69) is 46.7 Å². The van der Waals surface area contributed by atoms with E-state index in [9.17, 15) is 28.8 Å². The molecule has 0 saturated heterocycles. The molecule has 0 saturated carbocycles. The third-order valence-corrected chi connectivity index (χ3v) is 11.9. The summed E-state index contributed by atoms with van der Waals surface area (Å²) in [6.45, 7) is 0.980. The molecule has 1 unspecified atom stereocenters. The van der Waals surface area contributed by atoms with Crippen LogP contribution in [0.4, 0.5) is 10.5 Å². The second-order valence-corrected chi connectivity index (χ2v) is 16.7. The van der Waals surface area contributed by atoms with Gasteiger partial charge in [-0.25, -0.2) is 9.80 Å². The van der Waals surface area contributed by atoms with E-state index in [0.29, 0.717) is 31.5 Å². The van der Waals surface area contributed by atoms with E-state index in [1.807, 2.05) is 78.9 Å². The Hall–Kier alpha value is -6.79. The molecule has 17 nitrogen and oxygen atoms in total. The van der Waals surface area contributed by atoms with Crippen molar-refractivity contribution >= 4 is 87.4 Å². The first-order valence-electron chi connectivity index (χ1n) is 23.2. The number of hydrazine groups is 1. The number of hydrogen-bond acceptors (Lipinski definition) is 8. The number of aromatic amines is 2. The number of benzene rings is 4. The number of rotatable bonds is 20. The second-order valence-electron chi connectivity index (χ2n) is 16.7. The summed E-state index contributed by atoms with van der Waals surface area (Å²) in [5.41, 5.74) is 19.8. The number of nitrogens with one attached hydrogen (secondary N) is 8. The average Bonchev–Trinajstić information content (AvgIpc) is 4.08.